The van der Waals surface area contributed by atoms with Gasteiger partial charge in [0.1, 0.15) is 0 Å². The van der Waals surface area contributed by atoms with E-state index in [1.54, 1.807) is 12.1 Å². The van der Waals surface area contributed by atoms with E-state index in [0.717, 1.165) is 12.1 Å². The summed E-state index contributed by atoms with van der Waals surface area (Å²) in [5, 5.41) is 2.87. The molecule has 0 bridgehead atoms. The van der Waals surface area contributed by atoms with Crippen LogP contribution in [0.3, 0.4) is 0 Å². The number of halogens is 3. The molecule has 0 unspecified atom stereocenters. The van der Waals surface area contributed by atoms with E-state index in [9.17, 15) is 18.0 Å². The van der Waals surface area contributed by atoms with Crippen LogP contribution in [0, 0.1) is 46.8 Å². The molecule has 0 aliphatic carbocycles. The number of benzene rings is 2. The first-order valence-corrected chi connectivity index (χ1v) is 10.7. The Morgan fingerprint density at radius 1 is 0.882 bits per heavy atom. The molecule has 34 heavy (non-hydrogen) atoms. The molecule has 3 rings (SSSR count). The second-order valence-corrected chi connectivity index (χ2v) is 8.89. The summed E-state index contributed by atoms with van der Waals surface area (Å²) in [6.07, 6.45) is -4.23. The molecule has 0 saturated carbocycles. The fourth-order valence-corrected chi connectivity index (χ4v) is 2.92. The third kappa shape index (κ3) is 10.3. The van der Waals surface area contributed by atoms with E-state index in [4.69, 9.17) is 0 Å². The van der Waals surface area contributed by atoms with Crippen LogP contribution in [0.25, 0.3) is 0 Å². The SMILES string of the molecule is CC(C)(C)NC(=O)c1[c-]cccc1.Cc1c(C)c(C)[c-](C)c1C.FC(F)(F)c1cc[c-]cc1.[Ir+3]. The Bertz CT molecular complexity index is 937. The van der Waals surface area contributed by atoms with E-state index in [0.29, 0.717) is 5.56 Å². The summed E-state index contributed by atoms with van der Waals surface area (Å²) < 4.78 is 35.3. The van der Waals surface area contributed by atoms with Gasteiger partial charge in [-0.3, -0.25) is 0 Å². The van der Waals surface area contributed by atoms with E-state index in [1.165, 1.54) is 39.9 Å². The van der Waals surface area contributed by atoms with Crippen LogP contribution in [0.15, 0.2) is 48.5 Å². The molecule has 3 aromatic rings. The van der Waals surface area contributed by atoms with E-state index in [1.807, 2.05) is 32.9 Å². The maximum Gasteiger partial charge on any atom is 3.00 e. The van der Waals surface area contributed by atoms with Crippen molar-refractivity contribution in [3.05, 3.63) is 99.6 Å². The Labute approximate surface area is 215 Å². The zero-order valence-electron chi connectivity index (χ0n) is 21.0. The van der Waals surface area contributed by atoms with Gasteiger partial charge >= 0.3 is 26.3 Å². The molecule has 0 heterocycles. The van der Waals surface area contributed by atoms with Gasteiger partial charge < -0.3 is 10.1 Å². The molecule has 1 N–H and O–H groups in total. The number of alkyl halides is 3. The molecule has 3 aromatic carbocycles. The van der Waals surface area contributed by atoms with Gasteiger partial charge in [-0.2, -0.15) is 71.3 Å². The van der Waals surface area contributed by atoms with Crippen molar-refractivity contribution in [2.75, 3.05) is 0 Å². The summed E-state index contributed by atoms with van der Waals surface area (Å²) in [5.74, 6) is -0.0758. The van der Waals surface area contributed by atoms with E-state index in [-0.39, 0.29) is 31.6 Å². The normalized spacial score (nSPS) is 10.7. The fraction of sp³-hybridized carbons (Fsp3) is 0.357. The number of hydrogen-bond donors (Lipinski definition) is 1. The smallest absolute Gasteiger partial charge is 0.387 e. The topological polar surface area (TPSA) is 29.1 Å². The third-order valence-electron chi connectivity index (χ3n) is 5.30. The molecule has 0 aromatic heterocycles. The standard InChI is InChI=1S/C11H14NO.C10H15.C7H4F3.Ir/c1-11(2,3)12-10(13)9-7-5-4-6-8-9;1-6-7(2)9(4)10(5)8(6)3;8-7(9,10)6-4-2-1-3-5-6;/h4-7H,1-3H3,(H,12,13);1-5H3;2-5H;/q3*-1;+3. The van der Waals surface area contributed by atoms with Crippen LogP contribution in [0.5, 0.6) is 0 Å². The van der Waals surface area contributed by atoms with Crippen LogP contribution in [0.2, 0.25) is 0 Å². The molecule has 0 saturated heterocycles. The molecular weight excluding hydrogens is 616 g/mol. The van der Waals surface area contributed by atoms with Gasteiger partial charge in [-0.1, -0.05) is 45.7 Å². The van der Waals surface area contributed by atoms with Crippen molar-refractivity contribution in [2.24, 2.45) is 0 Å². The molecule has 0 fully saturated rings. The van der Waals surface area contributed by atoms with Gasteiger partial charge in [0.25, 0.3) is 0 Å². The van der Waals surface area contributed by atoms with Crippen molar-refractivity contribution in [2.45, 2.75) is 67.1 Å². The molecule has 1 amide bonds. The van der Waals surface area contributed by atoms with Crippen molar-refractivity contribution >= 4 is 5.91 Å². The van der Waals surface area contributed by atoms with Crippen LogP contribution in [-0.2, 0) is 26.3 Å². The summed E-state index contributed by atoms with van der Waals surface area (Å²) in [6, 6.07) is 17.0. The van der Waals surface area contributed by atoms with Gasteiger partial charge in [0.05, 0.1) is 0 Å². The minimum Gasteiger partial charge on any atom is -0.387 e. The average Bonchev–Trinajstić information content (AvgIpc) is 2.92. The summed E-state index contributed by atoms with van der Waals surface area (Å²) in [4.78, 5) is 11.5. The molecule has 2 nitrogen and oxygen atoms in total. The first-order chi connectivity index (χ1) is 15.1. The Balaban J connectivity index is 0.000000479. The van der Waals surface area contributed by atoms with Crippen molar-refractivity contribution in [1.29, 1.82) is 0 Å². The average molecular weight is 649 g/mol. The van der Waals surface area contributed by atoms with Crippen molar-refractivity contribution in [3.8, 4) is 0 Å². The second-order valence-electron chi connectivity index (χ2n) is 8.89. The zero-order valence-corrected chi connectivity index (χ0v) is 23.4. The number of carbonyl (C=O) groups is 1. The summed E-state index contributed by atoms with van der Waals surface area (Å²) >= 11 is 0. The van der Waals surface area contributed by atoms with Crippen LogP contribution < -0.4 is 5.32 Å². The molecule has 186 valence electrons. The number of hydrogen-bond acceptors (Lipinski definition) is 1. The molecule has 6 heteroatoms. The molecular formula is C28H33F3IrNO. The van der Waals surface area contributed by atoms with Crippen molar-refractivity contribution < 1.29 is 38.1 Å². The Morgan fingerprint density at radius 2 is 1.38 bits per heavy atom. The first-order valence-electron chi connectivity index (χ1n) is 10.7. The molecule has 0 radical (unpaired) electrons. The van der Waals surface area contributed by atoms with Gasteiger partial charge in [0.15, 0.2) is 5.91 Å². The van der Waals surface area contributed by atoms with Crippen LogP contribution in [0.1, 0.15) is 64.5 Å². The molecule has 0 aliphatic heterocycles. The monoisotopic (exact) mass is 649 g/mol. The van der Waals surface area contributed by atoms with Crippen LogP contribution in [0.4, 0.5) is 13.2 Å². The predicted octanol–water partition coefficient (Wildman–Crippen LogP) is 7.47. The minimum atomic E-state index is -4.23. The zero-order chi connectivity index (χ0) is 25.4. The molecule has 0 atom stereocenters. The van der Waals surface area contributed by atoms with Crippen molar-refractivity contribution in [3.63, 3.8) is 0 Å². The van der Waals surface area contributed by atoms with Gasteiger partial charge in [-0.15, -0.1) is 30.3 Å². The van der Waals surface area contributed by atoms with E-state index in [2.05, 4.69) is 52.1 Å². The summed E-state index contributed by atoms with van der Waals surface area (Å²) in [7, 11) is 0. The fourth-order valence-electron chi connectivity index (χ4n) is 2.92. The summed E-state index contributed by atoms with van der Waals surface area (Å²) in [6.45, 7) is 16.9. The summed E-state index contributed by atoms with van der Waals surface area (Å²) in [5.41, 5.74) is 7.09. The van der Waals surface area contributed by atoms with Crippen LogP contribution >= 0.6 is 0 Å². The van der Waals surface area contributed by atoms with E-state index < -0.39 is 11.7 Å². The minimum absolute atomic E-state index is 0. The quantitative estimate of drug-likeness (QED) is 0.273. The maximum atomic E-state index is 11.8. The number of nitrogens with one attached hydrogen (secondary N) is 1. The first kappa shape index (κ1) is 31.7. The third-order valence-corrected chi connectivity index (χ3v) is 5.30. The Morgan fingerprint density at radius 3 is 1.68 bits per heavy atom. The van der Waals surface area contributed by atoms with Gasteiger partial charge in [-0.05, 0) is 20.8 Å². The second kappa shape index (κ2) is 13.6. The maximum absolute atomic E-state index is 11.8. The molecule has 0 aliphatic rings. The van der Waals surface area contributed by atoms with Gasteiger partial charge in [0, 0.05) is 5.54 Å². The predicted molar refractivity (Wildman–Crippen MR) is 128 cm³/mol. The van der Waals surface area contributed by atoms with Crippen molar-refractivity contribution in [1.82, 2.24) is 5.32 Å². The molecule has 0 spiro atoms. The van der Waals surface area contributed by atoms with Crippen LogP contribution in [-0.4, -0.2) is 11.4 Å². The van der Waals surface area contributed by atoms with Gasteiger partial charge in [-0.25, -0.2) is 0 Å². The Kier molecular flexibility index (Phi) is 12.6. The van der Waals surface area contributed by atoms with Gasteiger partial charge in [0.2, 0.25) is 0 Å². The number of carbonyl (C=O) groups excluding carboxylic acids is 1. The van der Waals surface area contributed by atoms with E-state index >= 15 is 0 Å². The number of amides is 1. The number of rotatable bonds is 1. The Hall–Kier alpha value is -2.30. The largest absolute Gasteiger partial charge is 3.00 e.